The molecule has 36 heavy (non-hydrogen) atoms. The molecule has 1 aliphatic rings. The molecule has 3 aromatic rings. The molecule has 9 heteroatoms. The van der Waals surface area contributed by atoms with Crippen molar-refractivity contribution in [2.24, 2.45) is 0 Å². The smallest absolute Gasteiger partial charge is 0.338 e. The van der Waals surface area contributed by atoms with Crippen LogP contribution in [0.3, 0.4) is 0 Å². The molecule has 3 aromatic carbocycles. The van der Waals surface area contributed by atoms with Crippen molar-refractivity contribution in [3.8, 4) is 5.75 Å². The van der Waals surface area contributed by atoms with Gasteiger partial charge < -0.3 is 14.8 Å². The van der Waals surface area contributed by atoms with Gasteiger partial charge in [0.05, 0.1) is 30.3 Å². The van der Waals surface area contributed by atoms with E-state index < -0.39 is 29.8 Å². The zero-order chi connectivity index (χ0) is 26.0. The first-order valence-electron chi connectivity index (χ1n) is 11.1. The number of amides is 3. The van der Waals surface area contributed by atoms with Gasteiger partial charge in [0.25, 0.3) is 17.7 Å². The number of fused-ring (bicyclic) bond motifs is 1. The van der Waals surface area contributed by atoms with Gasteiger partial charge in [0.15, 0.2) is 6.10 Å². The Hall–Kier alpha value is -4.17. The Morgan fingerprint density at radius 3 is 2.39 bits per heavy atom. The number of methoxy groups -OCH3 is 1. The van der Waals surface area contributed by atoms with Gasteiger partial charge in [0.2, 0.25) is 0 Å². The third-order valence-corrected chi connectivity index (χ3v) is 6.29. The minimum absolute atomic E-state index is 0.0554. The summed E-state index contributed by atoms with van der Waals surface area (Å²) in [5.41, 5.74) is 2.31. The van der Waals surface area contributed by atoms with E-state index in [0.29, 0.717) is 22.0 Å². The van der Waals surface area contributed by atoms with Crippen molar-refractivity contribution in [3.05, 3.63) is 93.5 Å². The van der Waals surface area contributed by atoms with E-state index in [1.807, 2.05) is 0 Å². The third-order valence-electron chi connectivity index (χ3n) is 5.88. The average molecular weight is 507 g/mol. The van der Waals surface area contributed by atoms with E-state index in [0.717, 1.165) is 10.5 Å². The minimum Gasteiger partial charge on any atom is -0.497 e. The van der Waals surface area contributed by atoms with Crippen LogP contribution in [-0.4, -0.2) is 41.8 Å². The molecule has 0 aliphatic carbocycles. The SMILES string of the molecule is COc1ccc(CN2C(=O)c3ccc(C(=O)OC(C)C(=O)Nc4cccc(Cl)c4C)cc3C2=O)cc1. The van der Waals surface area contributed by atoms with Crippen molar-refractivity contribution < 1.29 is 28.7 Å². The van der Waals surface area contributed by atoms with E-state index in [2.05, 4.69) is 5.32 Å². The van der Waals surface area contributed by atoms with Crippen LogP contribution >= 0.6 is 11.6 Å². The Balaban J connectivity index is 1.44. The van der Waals surface area contributed by atoms with Crippen molar-refractivity contribution in [2.75, 3.05) is 12.4 Å². The predicted octanol–water partition coefficient (Wildman–Crippen LogP) is 4.64. The molecule has 184 valence electrons. The fourth-order valence-electron chi connectivity index (χ4n) is 3.73. The number of carbonyl (C=O) groups excluding carboxylic acids is 4. The first-order valence-corrected chi connectivity index (χ1v) is 11.5. The Labute approximate surface area is 212 Å². The second-order valence-electron chi connectivity index (χ2n) is 8.25. The van der Waals surface area contributed by atoms with Crippen molar-refractivity contribution in [1.29, 1.82) is 0 Å². The van der Waals surface area contributed by atoms with Crippen molar-refractivity contribution in [3.63, 3.8) is 0 Å². The standard InChI is InChI=1S/C27H23ClN2O6/c1-15-22(28)5-4-6-23(15)29-24(31)16(2)36-27(34)18-9-12-20-21(13-18)26(33)30(25(20)32)14-17-7-10-19(35-3)11-8-17/h4-13,16H,14H2,1-3H3,(H,29,31). The number of hydrogen-bond donors (Lipinski definition) is 1. The Bertz CT molecular complexity index is 1370. The molecule has 1 N–H and O–H groups in total. The topological polar surface area (TPSA) is 102 Å². The summed E-state index contributed by atoms with van der Waals surface area (Å²) in [5.74, 6) is -1.63. The van der Waals surface area contributed by atoms with Gasteiger partial charge in [-0.05, 0) is 67.4 Å². The number of esters is 1. The van der Waals surface area contributed by atoms with Crippen LogP contribution in [0.25, 0.3) is 0 Å². The summed E-state index contributed by atoms with van der Waals surface area (Å²) in [7, 11) is 1.55. The molecule has 0 aromatic heterocycles. The Morgan fingerprint density at radius 2 is 1.69 bits per heavy atom. The lowest BCUT2D eigenvalue weighted by atomic mass is 10.1. The summed E-state index contributed by atoms with van der Waals surface area (Å²) in [6, 6.07) is 16.2. The average Bonchev–Trinajstić information content (AvgIpc) is 3.11. The van der Waals surface area contributed by atoms with Gasteiger partial charge in [-0.3, -0.25) is 19.3 Å². The molecule has 8 nitrogen and oxygen atoms in total. The number of anilines is 1. The maximum absolute atomic E-state index is 13.0. The number of carbonyl (C=O) groups is 4. The number of nitrogens with zero attached hydrogens (tertiary/aromatic N) is 1. The lowest BCUT2D eigenvalue weighted by Gasteiger charge is -2.15. The third kappa shape index (κ3) is 4.94. The molecule has 0 radical (unpaired) electrons. The highest BCUT2D eigenvalue weighted by molar-refractivity contribution is 6.31. The lowest BCUT2D eigenvalue weighted by molar-refractivity contribution is -0.123. The fraction of sp³-hybridized carbons (Fsp3) is 0.185. The van der Waals surface area contributed by atoms with Crippen LogP contribution in [0.4, 0.5) is 5.69 Å². The molecular formula is C27H23ClN2O6. The summed E-state index contributed by atoms with van der Waals surface area (Å²) in [6.45, 7) is 3.28. The molecular weight excluding hydrogens is 484 g/mol. The highest BCUT2D eigenvalue weighted by atomic mass is 35.5. The predicted molar refractivity (Wildman–Crippen MR) is 133 cm³/mol. The maximum atomic E-state index is 13.0. The number of rotatable bonds is 7. The molecule has 1 atom stereocenters. The van der Waals surface area contributed by atoms with Gasteiger partial charge in [-0.2, -0.15) is 0 Å². The second kappa shape index (κ2) is 10.2. The summed E-state index contributed by atoms with van der Waals surface area (Å²) in [5, 5.41) is 3.18. The van der Waals surface area contributed by atoms with E-state index in [1.54, 1.807) is 56.5 Å². The first-order chi connectivity index (χ1) is 17.2. The van der Waals surface area contributed by atoms with Crippen LogP contribution in [0.15, 0.2) is 60.7 Å². The zero-order valence-corrected chi connectivity index (χ0v) is 20.6. The van der Waals surface area contributed by atoms with E-state index in [-0.39, 0.29) is 23.2 Å². The normalized spacial score (nSPS) is 13.3. The minimum atomic E-state index is -1.12. The van der Waals surface area contributed by atoms with Crippen molar-refractivity contribution in [1.82, 2.24) is 4.90 Å². The van der Waals surface area contributed by atoms with Crippen molar-refractivity contribution >= 4 is 41.0 Å². The van der Waals surface area contributed by atoms with Crippen LogP contribution in [0.1, 0.15) is 49.1 Å². The summed E-state index contributed by atoms with van der Waals surface area (Å²) in [6.07, 6.45) is -1.12. The molecule has 0 fully saturated rings. The molecule has 1 heterocycles. The summed E-state index contributed by atoms with van der Waals surface area (Å²) in [4.78, 5) is 52.1. The second-order valence-corrected chi connectivity index (χ2v) is 8.66. The summed E-state index contributed by atoms with van der Waals surface area (Å²) >= 11 is 6.08. The molecule has 4 rings (SSSR count). The zero-order valence-electron chi connectivity index (χ0n) is 19.8. The largest absolute Gasteiger partial charge is 0.497 e. The number of nitrogens with one attached hydrogen (secondary N) is 1. The summed E-state index contributed by atoms with van der Waals surface area (Å²) < 4.78 is 10.4. The number of benzene rings is 3. The molecule has 0 spiro atoms. The molecule has 0 saturated heterocycles. The van der Waals surface area contributed by atoms with Gasteiger partial charge in [0, 0.05) is 10.7 Å². The molecule has 1 unspecified atom stereocenters. The number of ether oxygens (including phenoxy) is 2. The van der Waals surface area contributed by atoms with Gasteiger partial charge in [-0.15, -0.1) is 0 Å². The number of halogens is 1. The molecule has 1 aliphatic heterocycles. The quantitative estimate of drug-likeness (QED) is 0.370. The lowest BCUT2D eigenvalue weighted by Crippen LogP contribution is -2.30. The van der Waals surface area contributed by atoms with E-state index in [4.69, 9.17) is 21.1 Å². The van der Waals surface area contributed by atoms with Crippen LogP contribution < -0.4 is 10.1 Å². The Kier molecular flexibility index (Phi) is 7.07. The fourth-order valence-corrected chi connectivity index (χ4v) is 3.91. The Morgan fingerprint density at radius 1 is 1.00 bits per heavy atom. The first kappa shape index (κ1) is 24.9. The van der Waals surface area contributed by atoms with Crippen molar-refractivity contribution in [2.45, 2.75) is 26.5 Å². The van der Waals surface area contributed by atoms with Gasteiger partial charge >= 0.3 is 5.97 Å². The van der Waals surface area contributed by atoms with Gasteiger partial charge in [0.1, 0.15) is 5.75 Å². The van der Waals surface area contributed by atoms with Gasteiger partial charge in [-0.25, -0.2) is 4.79 Å². The van der Waals surface area contributed by atoms with E-state index in [9.17, 15) is 19.2 Å². The van der Waals surface area contributed by atoms with Crippen LogP contribution in [0, 0.1) is 6.92 Å². The monoisotopic (exact) mass is 506 g/mol. The number of imide groups is 1. The highest BCUT2D eigenvalue weighted by Crippen LogP contribution is 2.27. The van der Waals surface area contributed by atoms with E-state index >= 15 is 0 Å². The highest BCUT2D eigenvalue weighted by Gasteiger charge is 2.36. The number of hydrogen-bond acceptors (Lipinski definition) is 6. The van der Waals surface area contributed by atoms with Crippen LogP contribution in [-0.2, 0) is 16.1 Å². The molecule has 3 amide bonds. The molecule has 0 bridgehead atoms. The van der Waals surface area contributed by atoms with E-state index in [1.165, 1.54) is 25.1 Å². The van der Waals surface area contributed by atoms with Crippen LogP contribution in [0.2, 0.25) is 5.02 Å². The van der Waals surface area contributed by atoms with Crippen LogP contribution in [0.5, 0.6) is 5.75 Å². The molecule has 0 saturated carbocycles. The maximum Gasteiger partial charge on any atom is 0.338 e. The van der Waals surface area contributed by atoms with Gasteiger partial charge in [-0.1, -0.05) is 29.8 Å².